The molecule has 1 saturated heterocycles. The Hall–Kier alpha value is -0.170. The monoisotopic (exact) mass is 262 g/mol. The Labute approximate surface area is 103 Å². The van der Waals surface area contributed by atoms with Crippen LogP contribution in [0.3, 0.4) is 0 Å². The minimum Gasteiger partial charge on any atom is -0.377 e. The molecule has 0 radical (unpaired) electrons. The molecule has 1 aliphatic carbocycles. The number of nitrogens with one attached hydrogen (secondary N) is 1. The van der Waals surface area contributed by atoms with E-state index in [1.54, 1.807) is 0 Å². The highest BCUT2D eigenvalue weighted by molar-refractivity contribution is 7.89. The van der Waals surface area contributed by atoms with Crippen LogP contribution in [0.15, 0.2) is 0 Å². The van der Waals surface area contributed by atoms with Gasteiger partial charge in [-0.1, -0.05) is 0 Å². The van der Waals surface area contributed by atoms with Gasteiger partial charge in [0.15, 0.2) is 0 Å². The average Bonchev–Trinajstić information content (AvgIpc) is 2.73. The van der Waals surface area contributed by atoms with Crippen LogP contribution in [-0.4, -0.2) is 39.0 Å². The summed E-state index contributed by atoms with van der Waals surface area (Å²) >= 11 is 0. The standard InChI is InChI=1S/C11H22N2O3S/c12-9-3-5-10(6-4-9)13-17(14,15)8-11-2-1-7-16-11/h9-11,13H,1-8,12H2. The van der Waals surface area contributed by atoms with Crippen LogP contribution >= 0.6 is 0 Å². The minimum absolute atomic E-state index is 0.0706. The van der Waals surface area contributed by atoms with Crippen LogP contribution in [0, 0.1) is 0 Å². The van der Waals surface area contributed by atoms with E-state index in [1.807, 2.05) is 0 Å². The maximum absolute atomic E-state index is 11.9. The van der Waals surface area contributed by atoms with Crippen LogP contribution in [0.5, 0.6) is 0 Å². The van der Waals surface area contributed by atoms with Crippen molar-refractivity contribution in [2.75, 3.05) is 12.4 Å². The van der Waals surface area contributed by atoms with Gasteiger partial charge in [0.1, 0.15) is 0 Å². The Bertz CT molecular complexity index is 331. The molecule has 3 N–H and O–H groups in total. The summed E-state index contributed by atoms with van der Waals surface area (Å²) in [5.74, 6) is 0.107. The highest BCUT2D eigenvalue weighted by Gasteiger charge is 2.27. The van der Waals surface area contributed by atoms with Crippen LogP contribution < -0.4 is 10.5 Å². The largest absolute Gasteiger partial charge is 0.377 e. The van der Waals surface area contributed by atoms with E-state index in [9.17, 15) is 8.42 Å². The normalized spacial score (nSPS) is 35.0. The van der Waals surface area contributed by atoms with E-state index in [4.69, 9.17) is 10.5 Å². The first-order chi connectivity index (χ1) is 8.05. The first-order valence-electron chi connectivity index (χ1n) is 6.42. The van der Waals surface area contributed by atoms with Crippen molar-refractivity contribution < 1.29 is 13.2 Å². The van der Waals surface area contributed by atoms with E-state index < -0.39 is 10.0 Å². The van der Waals surface area contributed by atoms with E-state index in [2.05, 4.69) is 4.72 Å². The Balaban J connectivity index is 1.80. The maximum atomic E-state index is 11.9. The smallest absolute Gasteiger partial charge is 0.214 e. The molecule has 100 valence electrons. The van der Waals surface area contributed by atoms with Gasteiger partial charge in [0.25, 0.3) is 0 Å². The average molecular weight is 262 g/mol. The predicted octanol–water partition coefficient (Wildman–Crippen LogP) is 0.355. The molecule has 0 aromatic heterocycles. The molecule has 1 atom stereocenters. The van der Waals surface area contributed by atoms with Crippen molar-refractivity contribution in [3.05, 3.63) is 0 Å². The molecule has 1 saturated carbocycles. The summed E-state index contributed by atoms with van der Waals surface area (Å²) in [5.41, 5.74) is 5.80. The number of sulfonamides is 1. The summed E-state index contributed by atoms with van der Waals surface area (Å²) in [6, 6.07) is 0.315. The lowest BCUT2D eigenvalue weighted by atomic mass is 9.93. The van der Waals surface area contributed by atoms with Crippen molar-refractivity contribution in [1.82, 2.24) is 4.72 Å². The zero-order valence-electron chi connectivity index (χ0n) is 10.1. The van der Waals surface area contributed by atoms with Gasteiger partial charge in [-0.15, -0.1) is 0 Å². The summed E-state index contributed by atoms with van der Waals surface area (Å²) in [6.07, 6.45) is 5.24. The van der Waals surface area contributed by atoms with E-state index in [0.29, 0.717) is 6.61 Å². The first-order valence-corrected chi connectivity index (χ1v) is 8.07. The molecule has 0 bridgehead atoms. The van der Waals surface area contributed by atoms with Crippen molar-refractivity contribution in [1.29, 1.82) is 0 Å². The van der Waals surface area contributed by atoms with Crippen LogP contribution in [0.4, 0.5) is 0 Å². The van der Waals surface area contributed by atoms with E-state index in [1.165, 1.54) is 0 Å². The summed E-state index contributed by atoms with van der Waals surface area (Å²) in [7, 11) is -3.20. The molecule has 0 amide bonds. The second kappa shape index (κ2) is 5.65. The highest BCUT2D eigenvalue weighted by Crippen LogP contribution is 2.19. The number of hydrogen-bond donors (Lipinski definition) is 2. The van der Waals surface area contributed by atoms with Gasteiger partial charge in [-0.3, -0.25) is 0 Å². The Morgan fingerprint density at radius 2 is 1.88 bits per heavy atom. The highest BCUT2D eigenvalue weighted by atomic mass is 32.2. The van der Waals surface area contributed by atoms with Crippen molar-refractivity contribution >= 4 is 10.0 Å². The van der Waals surface area contributed by atoms with Gasteiger partial charge in [0, 0.05) is 18.7 Å². The molecule has 2 rings (SSSR count). The molecule has 0 aromatic rings. The molecule has 0 aromatic carbocycles. The fourth-order valence-corrected chi connectivity index (χ4v) is 4.15. The molecule has 0 spiro atoms. The van der Waals surface area contributed by atoms with Crippen molar-refractivity contribution in [2.45, 2.75) is 56.7 Å². The van der Waals surface area contributed by atoms with Crippen LogP contribution in [0.25, 0.3) is 0 Å². The molecule has 17 heavy (non-hydrogen) atoms. The lowest BCUT2D eigenvalue weighted by Gasteiger charge is -2.27. The molecule has 1 aliphatic heterocycles. The number of rotatable bonds is 4. The fourth-order valence-electron chi connectivity index (χ4n) is 2.56. The molecule has 6 heteroatoms. The van der Waals surface area contributed by atoms with E-state index in [0.717, 1.165) is 38.5 Å². The van der Waals surface area contributed by atoms with Gasteiger partial charge in [0.2, 0.25) is 10.0 Å². The quantitative estimate of drug-likeness (QED) is 0.766. The zero-order chi connectivity index (χ0) is 12.3. The van der Waals surface area contributed by atoms with Crippen LogP contribution in [0.2, 0.25) is 0 Å². The third-order valence-corrected chi connectivity index (χ3v) is 5.05. The zero-order valence-corrected chi connectivity index (χ0v) is 10.9. The number of ether oxygens (including phenoxy) is 1. The number of hydrogen-bond acceptors (Lipinski definition) is 4. The van der Waals surface area contributed by atoms with Gasteiger partial charge in [0.05, 0.1) is 11.9 Å². The minimum atomic E-state index is -3.20. The second-order valence-corrected chi connectivity index (χ2v) is 6.94. The van der Waals surface area contributed by atoms with Crippen molar-refractivity contribution in [3.63, 3.8) is 0 Å². The Morgan fingerprint density at radius 3 is 2.47 bits per heavy atom. The lowest BCUT2D eigenvalue weighted by molar-refractivity contribution is 0.127. The summed E-state index contributed by atoms with van der Waals surface area (Å²) in [5, 5.41) is 0. The molecule has 2 fully saturated rings. The fraction of sp³-hybridized carbons (Fsp3) is 1.00. The second-order valence-electron chi connectivity index (χ2n) is 5.15. The topological polar surface area (TPSA) is 81.4 Å². The molecule has 1 unspecified atom stereocenters. The first kappa shape index (κ1) is 13.3. The van der Waals surface area contributed by atoms with Crippen LogP contribution in [0.1, 0.15) is 38.5 Å². The van der Waals surface area contributed by atoms with Gasteiger partial charge in [-0.2, -0.15) is 0 Å². The summed E-state index contributed by atoms with van der Waals surface area (Å²) in [4.78, 5) is 0. The number of nitrogens with two attached hydrogens (primary N) is 1. The summed E-state index contributed by atoms with van der Waals surface area (Å²) in [6.45, 7) is 0.693. The van der Waals surface area contributed by atoms with Gasteiger partial charge in [-0.05, 0) is 38.5 Å². The van der Waals surface area contributed by atoms with Crippen molar-refractivity contribution in [2.24, 2.45) is 5.73 Å². The maximum Gasteiger partial charge on any atom is 0.214 e. The van der Waals surface area contributed by atoms with Gasteiger partial charge < -0.3 is 10.5 Å². The Kier molecular flexibility index (Phi) is 4.41. The predicted molar refractivity (Wildman–Crippen MR) is 66.1 cm³/mol. The van der Waals surface area contributed by atoms with Gasteiger partial charge in [-0.25, -0.2) is 13.1 Å². The summed E-state index contributed by atoms with van der Waals surface area (Å²) < 4.78 is 32.0. The SMILES string of the molecule is NC1CCC(NS(=O)(=O)CC2CCCO2)CC1. The third kappa shape index (κ3) is 4.21. The third-order valence-electron chi connectivity index (χ3n) is 3.55. The molecular formula is C11H22N2O3S. The van der Waals surface area contributed by atoms with Gasteiger partial charge >= 0.3 is 0 Å². The molecule has 2 aliphatic rings. The van der Waals surface area contributed by atoms with E-state index >= 15 is 0 Å². The molecular weight excluding hydrogens is 240 g/mol. The lowest BCUT2D eigenvalue weighted by Crippen LogP contribution is -2.42. The van der Waals surface area contributed by atoms with E-state index in [-0.39, 0.29) is 23.9 Å². The molecule has 1 heterocycles. The Morgan fingerprint density at radius 1 is 1.18 bits per heavy atom. The van der Waals surface area contributed by atoms with Crippen LogP contribution in [-0.2, 0) is 14.8 Å². The molecule has 5 nitrogen and oxygen atoms in total. The van der Waals surface area contributed by atoms with Crippen molar-refractivity contribution in [3.8, 4) is 0 Å².